The van der Waals surface area contributed by atoms with E-state index < -0.39 is 37.5 Å². The van der Waals surface area contributed by atoms with Crippen LogP contribution in [0.5, 0.6) is 0 Å². The van der Waals surface area contributed by atoms with Crippen LogP contribution < -0.4 is 9.44 Å². The minimum atomic E-state index is -4.49. The van der Waals surface area contributed by atoms with Gasteiger partial charge in [0.15, 0.2) is 0 Å². The van der Waals surface area contributed by atoms with E-state index in [4.69, 9.17) is 5.14 Å². The van der Waals surface area contributed by atoms with Crippen LogP contribution in [0.4, 0.5) is 18.9 Å². The highest BCUT2D eigenvalue weighted by Gasteiger charge is 2.29. The number of anilines is 1. The van der Waals surface area contributed by atoms with Crippen molar-refractivity contribution in [1.82, 2.24) is 0 Å². The predicted molar refractivity (Wildman–Crippen MR) is 95.8 cm³/mol. The standard InChI is InChI=1S/C16H15F3N2O4S2/c1-11-2-7-14(15(10-11)27(20,24)25)21(26(22)23)9-8-12-3-5-13(6-4-12)16(17,18)19/h2-10,26H,1H3,(H2,20,24,25). The second kappa shape index (κ2) is 7.71. The van der Waals surface area contributed by atoms with Gasteiger partial charge in [0.25, 0.3) is 0 Å². The lowest BCUT2D eigenvalue weighted by Gasteiger charge is -2.16. The van der Waals surface area contributed by atoms with Crippen LogP contribution in [0.2, 0.25) is 0 Å². The number of sulfonamides is 1. The summed E-state index contributed by atoms with van der Waals surface area (Å²) in [4.78, 5) is -0.390. The molecule has 0 aliphatic heterocycles. The van der Waals surface area contributed by atoms with Crippen molar-refractivity contribution in [3.8, 4) is 0 Å². The third-order valence-electron chi connectivity index (χ3n) is 3.49. The maximum absolute atomic E-state index is 12.6. The first-order valence-electron chi connectivity index (χ1n) is 7.32. The molecule has 0 saturated heterocycles. The van der Waals surface area contributed by atoms with Gasteiger partial charge in [-0.3, -0.25) is 0 Å². The number of hydrogen-bond acceptors (Lipinski definition) is 4. The summed E-state index contributed by atoms with van der Waals surface area (Å²) in [5, 5.41) is 5.15. The van der Waals surface area contributed by atoms with Crippen LogP contribution in [0.3, 0.4) is 0 Å². The van der Waals surface area contributed by atoms with Crippen molar-refractivity contribution < 1.29 is 30.0 Å². The Balaban J connectivity index is 2.45. The first-order chi connectivity index (χ1) is 12.4. The monoisotopic (exact) mass is 420 g/mol. The Bertz CT molecular complexity index is 1040. The molecule has 27 heavy (non-hydrogen) atoms. The van der Waals surface area contributed by atoms with Crippen LogP contribution in [0.25, 0.3) is 6.08 Å². The molecule has 0 amide bonds. The molecule has 0 aliphatic rings. The first-order valence-corrected chi connectivity index (χ1v) is 10.00. The van der Waals surface area contributed by atoms with Crippen LogP contribution in [0.1, 0.15) is 16.7 Å². The molecular weight excluding hydrogens is 405 g/mol. The lowest BCUT2D eigenvalue weighted by atomic mass is 10.1. The molecule has 0 heterocycles. The maximum Gasteiger partial charge on any atom is 0.416 e. The van der Waals surface area contributed by atoms with Gasteiger partial charge in [-0.05, 0) is 48.4 Å². The van der Waals surface area contributed by atoms with Crippen molar-refractivity contribution in [2.45, 2.75) is 18.0 Å². The Labute approximate surface area is 155 Å². The average molecular weight is 420 g/mol. The molecule has 0 fully saturated rings. The summed E-state index contributed by atoms with van der Waals surface area (Å²) < 4.78 is 85.1. The van der Waals surface area contributed by atoms with E-state index in [9.17, 15) is 30.0 Å². The third-order valence-corrected chi connectivity index (χ3v) is 5.13. The van der Waals surface area contributed by atoms with Crippen molar-refractivity contribution in [3.05, 3.63) is 65.4 Å². The second-order valence-electron chi connectivity index (χ2n) is 5.53. The van der Waals surface area contributed by atoms with Crippen LogP contribution in [0, 0.1) is 6.92 Å². The summed E-state index contributed by atoms with van der Waals surface area (Å²) in [6, 6.07) is 8.02. The van der Waals surface area contributed by atoms with Crippen LogP contribution in [-0.2, 0) is 27.1 Å². The zero-order valence-electron chi connectivity index (χ0n) is 13.8. The summed E-state index contributed by atoms with van der Waals surface area (Å²) in [7, 11) is -7.50. The van der Waals surface area contributed by atoms with Crippen molar-refractivity contribution in [3.63, 3.8) is 0 Å². The molecule has 2 rings (SSSR count). The van der Waals surface area contributed by atoms with E-state index in [0.29, 0.717) is 9.87 Å². The molecule has 146 valence electrons. The normalized spacial score (nSPS) is 12.7. The molecule has 0 unspecified atom stereocenters. The van der Waals surface area contributed by atoms with Gasteiger partial charge in [-0.25, -0.2) is 26.3 Å². The quantitative estimate of drug-likeness (QED) is 0.727. The highest BCUT2D eigenvalue weighted by atomic mass is 32.2. The molecule has 0 bridgehead atoms. The van der Waals surface area contributed by atoms with E-state index in [1.807, 2.05) is 0 Å². The van der Waals surface area contributed by atoms with E-state index in [1.165, 1.54) is 24.3 Å². The highest BCUT2D eigenvalue weighted by Crippen LogP contribution is 2.30. The average Bonchev–Trinajstić information content (AvgIpc) is 2.54. The van der Waals surface area contributed by atoms with Gasteiger partial charge in [-0.15, -0.1) is 0 Å². The summed E-state index contributed by atoms with van der Waals surface area (Å²) in [5.41, 5.74) is -0.200. The van der Waals surface area contributed by atoms with Gasteiger partial charge in [0.2, 0.25) is 20.9 Å². The molecule has 0 spiro atoms. The number of nitrogens with zero attached hydrogens (tertiary/aromatic N) is 1. The minimum Gasteiger partial charge on any atom is -0.246 e. The Kier molecular flexibility index (Phi) is 5.97. The fraction of sp³-hybridized carbons (Fsp3) is 0.125. The predicted octanol–water partition coefficient (Wildman–Crippen LogP) is 2.66. The van der Waals surface area contributed by atoms with E-state index in [1.54, 1.807) is 6.92 Å². The van der Waals surface area contributed by atoms with Crippen LogP contribution in [-0.4, -0.2) is 16.8 Å². The molecule has 0 radical (unpaired) electrons. The lowest BCUT2D eigenvalue weighted by molar-refractivity contribution is -0.137. The number of thiol groups is 1. The van der Waals surface area contributed by atoms with E-state index in [0.717, 1.165) is 30.5 Å². The second-order valence-corrected chi connectivity index (χ2v) is 7.97. The summed E-state index contributed by atoms with van der Waals surface area (Å²) >= 11 is 0. The van der Waals surface area contributed by atoms with Gasteiger partial charge < -0.3 is 0 Å². The van der Waals surface area contributed by atoms with E-state index in [2.05, 4.69) is 0 Å². The number of hydrogen-bond donors (Lipinski definition) is 2. The van der Waals surface area contributed by atoms with Gasteiger partial charge in [0.1, 0.15) is 4.90 Å². The molecule has 0 atom stereocenters. The SMILES string of the molecule is Cc1ccc(N(C=Cc2ccc(C(F)(F)F)cc2)[SH](=O)=O)c(S(N)(=O)=O)c1. The molecule has 2 aromatic rings. The molecule has 2 N–H and O–H groups in total. The first kappa shape index (κ1) is 20.9. The fourth-order valence-corrected chi connectivity index (χ4v) is 3.60. The Hall–Kier alpha value is -2.37. The van der Waals surface area contributed by atoms with Gasteiger partial charge >= 0.3 is 6.18 Å². The largest absolute Gasteiger partial charge is 0.416 e. The zero-order chi connectivity index (χ0) is 20.4. The number of alkyl halides is 3. The number of benzene rings is 2. The van der Waals surface area contributed by atoms with Crippen LogP contribution in [0.15, 0.2) is 53.6 Å². The lowest BCUT2D eigenvalue weighted by Crippen LogP contribution is -2.20. The van der Waals surface area contributed by atoms with E-state index in [-0.39, 0.29) is 11.3 Å². The number of aryl methyl sites for hydroxylation is 1. The van der Waals surface area contributed by atoms with Crippen molar-refractivity contribution in [1.29, 1.82) is 0 Å². The highest BCUT2D eigenvalue weighted by molar-refractivity contribution is 7.89. The summed E-state index contributed by atoms with van der Waals surface area (Å²) in [6.07, 6.45) is -2.22. The molecular formula is C16H15F3N2O4S2. The maximum atomic E-state index is 12.6. The van der Waals surface area contributed by atoms with Gasteiger partial charge in [0.05, 0.1) is 11.3 Å². The smallest absolute Gasteiger partial charge is 0.246 e. The summed E-state index contributed by atoms with van der Waals surface area (Å²) in [5.74, 6) is 0. The number of rotatable bonds is 5. The minimum absolute atomic E-state index is 0.192. The number of halogens is 3. The Morgan fingerprint density at radius 2 is 1.67 bits per heavy atom. The van der Waals surface area contributed by atoms with Crippen molar-refractivity contribution in [2.75, 3.05) is 4.31 Å². The van der Waals surface area contributed by atoms with Crippen molar-refractivity contribution in [2.24, 2.45) is 5.14 Å². The number of primary sulfonamides is 1. The molecule has 6 nitrogen and oxygen atoms in total. The Morgan fingerprint density at radius 3 is 2.15 bits per heavy atom. The van der Waals surface area contributed by atoms with Gasteiger partial charge in [0, 0.05) is 6.20 Å². The molecule has 11 heteroatoms. The zero-order valence-corrected chi connectivity index (χ0v) is 15.6. The van der Waals surface area contributed by atoms with E-state index >= 15 is 0 Å². The third kappa shape index (κ3) is 5.31. The summed E-state index contributed by atoms with van der Waals surface area (Å²) in [6.45, 7) is 1.61. The number of nitrogens with two attached hydrogens (primary N) is 1. The Morgan fingerprint density at radius 1 is 1.07 bits per heavy atom. The molecule has 0 aliphatic carbocycles. The molecule has 0 aromatic heterocycles. The van der Waals surface area contributed by atoms with Crippen LogP contribution >= 0.6 is 0 Å². The van der Waals surface area contributed by atoms with Crippen molar-refractivity contribution >= 4 is 32.7 Å². The van der Waals surface area contributed by atoms with Gasteiger partial charge in [-0.2, -0.15) is 13.2 Å². The molecule has 0 saturated carbocycles. The van der Waals surface area contributed by atoms with Gasteiger partial charge in [-0.1, -0.05) is 18.2 Å². The fourth-order valence-electron chi connectivity index (χ4n) is 2.20. The molecule has 2 aromatic carbocycles. The topological polar surface area (TPSA) is 97.5 Å².